The molecule has 1 atom stereocenters. The molecule has 0 spiro atoms. The van der Waals surface area contributed by atoms with Crippen molar-refractivity contribution in [3.05, 3.63) is 16.9 Å². The maximum atomic E-state index is 6.01. The van der Waals surface area contributed by atoms with E-state index < -0.39 is 0 Å². The number of hydrogen-bond acceptors (Lipinski definition) is 4. The van der Waals surface area contributed by atoms with Crippen molar-refractivity contribution in [2.45, 2.75) is 32.5 Å². The Bertz CT molecular complexity index is 402. The van der Waals surface area contributed by atoms with Gasteiger partial charge in [0.25, 0.3) is 0 Å². The fraction of sp³-hybridized carbons (Fsp3) is 0.583. The summed E-state index contributed by atoms with van der Waals surface area (Å²) in [6.07, 6.45) is 3.66. The fourth-order valence-electron chi connectivity index (χ4n) is 2.40. The average molecular weight is 300 g/mol. The largest absolute Gasteiger partial charge is 0.396 e. The lowest BCUT2D eigenvalue weighted by Gasteiger charge is -2.43. The zero-order chi connectivity index (χ0) is 12.6. The molecule has 17 heavy (non-hydrogen) atoms. The van der Waals surface area contributed by atoms with Gasteiger partial charge in [-0.05, 0) is 36.7 Å². The molecule has 2 heterocycles. The van der Waals surface area contributed by atoms with Crippen molar-refractivity contribution in [1.82, 2.24) is 4.98 Å². The number of rotatable bonds is 1. The number of anilines is 2. The summed E-state index contributed by atoms with van der Waals surface area (Å²) in [4.78, 5) is 6.32. The lowest BCUT2D eigenvalue weighted by molar-refractivity contribution is -0.0749. The smallest absolute Gasteiger partial charge is 0.0805 e. The van der Waals surface area contributed by atoms with Crippen LogP contribution < -0.4 is 10.6 Å². The van der Waals surface area contributed by atoms with Gasteiger partial charge in [0.2, 0.25) is 0 Å². The van der Waals surface area contributed by atoms with Crippen molar-refractivity contribution in [2.24, 2.45) is 0 Å². The first-order chi connectivity index (χ1) is 7.89. The summed E-state index contributed by atoms with van der Waals surface area (Å²) in [5.41, 5.74) is 7.57. The van der Waals surface area contributed by atoms with E-state index in [2.05, 4.69) is 46.6 Å². The highest BCUT2D eigenvalue weighted by atomic mass is 79.9. The van der Waals surface area contributed by atoms with Crippen molar-refractivity contribution in [1.29, 1.82) is 0 Å². The van der Waals surface area contributed by atoms with Crippen molar-refractivity contribution in [3.63, 3.8) is 0 Å². The van der Waals surface area contributed by atoms with Gasteiger partial charge in [0.1, 0.15) is 0 Å². The number of nitrogen functional groups attached to an aromatic ring is 1. The number of ether oxygens (including phenoxy) is 1. The molecule has 0 bridgehead atoms. The zero-order valence-electron chi connectivity index (χ0n) is 10.4. The Labute approximate surface area is 110 Å². The predicted molar refractivity (Wildman–Crippen MR) is 73.2 cm³/mol. The highest BCUT2D eigenvalue weighted by Gasteiger charge is 2.32. The van der Waals surface area contributed by atoms with E-state index in [1.54, 1.807) is 12.4 Å². The first-order valence-corrected chi connectivity index (χ1v) is 6.50. The Balaban J connectivity index is 2.33. The summed E-state index contributed by atoms with van der Waals surface area (Å²) >= 11 is 3.52. The van der Waals surface area contributed by atoms with Gasteiger partial charge in [0.15, 0.2) is 0 Å². The molecule has 1 aliphatic rings. The molecule has 1 saturated heterocycles. The molecular formula is C12H18BrN3O. The number of morpholine rings is 1. The van der Waals surface area contributed by atoms with Gasteiger partial charge in [0.05, 0.1) is 33.7 Å². The molecule has 0 aliphatic carbocycles. The van der Waals surface area contributed by atoms with Crippen LogP contribution in [0.3, 0.4) is 0 Å². The molecule has 1 fully saturated rings. The Kier molecular flexibility index (Phi) is 3.32. The minimum Gasteiger partial charge on any atom is -0.396 e. The number of hydrogen-bond donors (Lipinski definition) is 1. The molecule has 0 amide bonds. The molecule has 5 heteroatoms. The van der Waals surface area contributed by atoms with E-state index in [0.717, 1.165) is 23.2 Å². The molecule has 4 nitrogen and oxygen atoms in total. The third-order valence-electron chi connectivity index (χ3n) is 2.79. The number of nitrogens with zero attached hydrogens (tertiary/aromatic N) is 2. The second kappa shape index (κ2) is 4.46. The minimum absolute atomic E-state index is 0.160. The molecule has 2 rings (SSSR count). The summed E-state index contributed by atoms with van der Waals surface area (Å²) in [5, 5.41) is 0. The van der Waals surface area contributed by atoms with Crippen LogP contribution >= 0.6 is 15.9 Å². The van der Waals surface area contributed by atoms with E-state index in [1.807, 2.05) is 0 Å². The van der Waals surface area contributed by atoms with Crippen LogP contribution in [0.15, 0.2) is 16.9 Å². The van der Waals surface area contributed by atoms with E-state index >= 15 is 0 Å². The van der Waals surface area contributed by atoms with Crippen molar-refractivity contribution in [2.75, 3.05) is 23.7 Å². The van der Waals surface area contributed by atoms with Crippen LogP contribution in [-0.4, -0.2) is 29.8 Å². The molecule has 1 unspecified atom stereocenters. The summed E-state index contributed by atoms with van der Waals surface area (Å²) in [5.74, 6) is 0. The normalized spacial score (nSPS) is 23.8. The molecular weight excluding hydrogens is 282 g/mol. The molecule has 0 aromatic carbocycles. The summed E-state index contributed by atoms with van der Waals surface area (Å²) in [6, 6.07) is 0. The first-order valence-electron chi connectivity index (χ1n) is 5.71. The average Bonchev–Trinajstić information content (AvgIpc) is 2.13. The number of nitrogens with two attached hydrogens (primary N) is 1. The summed E-state index contributed by atoms with van der Waals surface area (Å²) in [6.45, 7) is 7.95. The maximum Gasteiger partial charge on any atom is 0.0805 e. The molecule has 94 valence electrons. The quantitative estimate of drug-likeness (QED) is 0.865. The molecule has 1 aromatic heterocycles. The topological polar surface area (TPSA) is 51.4 Å². The summed E-state index contributed by atoms with van der Waals surface area (Å²) < 4.78 is 6.82. The fourth-order valence-corrected chi connectivity index (χ4v) is 3.00. The van der Waals surface area contributed by atoms with Crippen LogP contribution in [-0.2, 0) is 4.74 Å². The van der Waals surface area contributed by atoms with Gasteiger partial charge < -0.3 is 15.4 Å². The van der Waals surface area contributed by atoms with E-state index in [1.165, 1.54) is 0 Å². The minimum atomic E-state index is -0.160. The Morgan fingerprint density at radius 1 is 1.53 bits per heavy atom. The monoisotopic (exact) mass is 299 g/mol. The Morgan fingerprint density at radius 2 is 2.24 bits per heavy atom. The molecule has 0 radical (unpaired) electrons. The molecule has 1 aromatic rings. The first kappa shape index (κ1) is 12.6. The van der Waals surface area contributed by atoms with Gasteiger partial charge in [0, 0.05) is 19.3 Å². The van der Waals surface area contributed by atoms with Crippen LogP contribution in [0.5, 0.6) is 0 Å². The third kappa shape index (κ3) is 2.72. The standard InChI is InChI=1S/C12H18BrN3O/c1-8-6-16(7-12(2,3)17-8)11-9(13)4-15-5-10(11)14/h4-5,8H,6-7,14H2,1-3H3. The zero-order valence-corrected chi connectivity index (χ0v) is 12.0. The highest BCUT2D eigenvalue weighted by molar-refractivity contribution is 9.10. The van der Waals surface area contributed by atoms with Gasteiger partial charge in [-0.25, -0.2) is 0 Å². The van der Waals surface area contributed by atoms with Crippen LogP contribution in [0.4, 0.5) is 11.4 Å². The third-order valence-corrected chi connectivity index (χ3v) is 3.37. The number of pyridine rings is 1. The van der Waals surface area contributed by atoms with Crippen molar-refractivity contribution < 1.29 is 4.74 Å². The van der Waals surface area contributed by atoms with E-state index in [9.17, 15) is 0 Å². The van der Waals surface area contributed by atoms with Crippen molar-refractivity contribution >= 4 is 27.3 Å². The molecule has 0 saturated carbocycles. The SMILES string of the molecule is CC1CN(c2c(N)cncc2Br)CC(C)(C)O1. The lowest BCUT2D eigenvalue weighted by Crippen LogP contribution is -2.52. The van der Waals surface area contributed by atoms with Crippen LogP contribution in [0.2, 0.25) is 0 Å². The number of halogens is 1. The van der Waals surface area contributed by atoms with E-state index in [-0.39, 0.29) is 11.7 Å². The van der Waals surface area contributed by atoms with Crippen LogP contribution in [0.1, 0.15) is 20.8 Å². The molecule has 1 aliphatic heterocycles. The van der Waals surface area contributed by atoms with Gasteiger partial charge in [-0.2, -0.15) is 0 Å². The van der Waals surface area contributed by atoms with Gasteiger partial charge >= 0.3 is 0 Å². The summed E-state index contributed by atoms with van der Waals surface area (Å²) in [7, 11) is 0. The second-order valence-electron chi connectivity index (χ2n) is 5.13. The number of aromatic nitrogens is 1. The maximum absolute atomic E-state index is 6.01. The lowest BCUT2D eigenvalue weighted by atomic mass is 10.0. The second-order valence-corrected chi connectivity index (χ2v) is 5.98. The Morgan fingerprint density at radius 3 is 2.82 bits per heavy atom. The molecule has 2 N–H and O–H groups in total. The van der Waals surface area contributed by atoms with Gasteiger partial charge in [-0.15, -0.1) is 0 Å². The van der Waals surface area contributed by atoms with Gasteiger partial charge in [-0.3, -0.25) is 4.98 Å². The van der Waals surface area contributed by atoms with Crippen molar-refractivity contribution in [3.8, 4) is 0 Å². The van der Waals surface area contributed by atoms with Gasteiger partial charge in [-0.1, -0.05) is 0 Å². The van der Waals surface area contributed by atoms with Crippen LogP contribution in [0.25, 0.3) is 0 Å². The van der Waals surface area contributed by atoms with E-state index in [4.69, 9.17) is 10.5 Å². The highest BCUT2D eigenvalue weighted by Crippen LogP contribution is 2.34. The predicted octanol–water partition coefficient (Wildman–Crippen LogP) is 2.43. The van der Waals surface area contributed by atoms with Crippen LogP contribution in [0, 0.1) is 0 Å². The Hall–Kier alpha value is -0.810. The van der Waals surface area contributed by atoms with E-state index in [0.29, 0.717) is 5.69 Å².